The van der Waals surface area contributed by atoms with Crippen LogP contribution in [0.3, 0.4) is 0 Å². The van der Waals surface area contributed by atoms with E-state index < -0.39 is 6.10 Å². The topological polar surface area (TPSA) is 55.1 Å². The third kappa shape index (κ3) is 7.84. The molecule has 170 valence electrons. The smallest absolute Gasteiger partial charge is 0.235 e. The second-order valence-corrected chi connectivity index (χ2v) is 9.21. The fourth-order valence-corrected chi connectivity index (χ4v) is 4.64. The lowest BCUT2D eigenvalue weighted by Gasteiger charge is -2.09. The first kappa shape index (κ1) is 24.1. The van der Waals surface area contributed by atoms with E-state index in [-0.39, 0.29) is 0 Å². The third-order valence-electron chi connectivity index (χ3n) is 5.48. The Kier molecular flexibility index (Phi) is 10.3. The highest BCUT2D eigenvalue weighted by Crippen LogP contribution is 2.31. The normalized spacial score (nSPS) is 11.9. The first-order valence-corrected chi connectivity index (χ1v) is 12.8. The molecule has 3 rings (SSSR count). The fraction of sp³-hybridized carbons (Fsp3) is 0.481. The van der Waals surface area contributed by atoms with Gasteiger partial charge in [0, 0.05) is 0 Å². The van der Waals surface area contributed by atoms with Gasteiger partial charge in [0.2, 0.25) is 6.10 Å². The first-order valence-electron chi connectivity index (χ1n) is 11.9. The van der Waals surface area contributed by atoms with Gasteiger partial charge in [-0.3, -0.25) is 0 Å². The molecule has 0 amide bonds. The maximum absolute atomic E-state index is 9.56. The molecule has 0 bridgehead atoms. The molecule has 0 spiro atoms. The van der Waals surface area contributed by atoms with Crippen LogP contribution in [0, 0.1) is 11.3 Å². The Labute approximate surface area is 196 Å². The predicted octanol–water partition coefficient (Wildman–Crippen LogP) is 8.24. The Morgan fingerprint density at radius 3 is 2.25 bits per heavy atom. The number of benzene rings is 2. The van der Waals surface area contributed by atoms with E-state index >= 15 is 0 Å². The molecule has 0 saturated carbocycles. The molecule has 0 aliphatic rings. The van der Waals surface area contributed by atoms with Gasteiger partial charge in [-0.15, -0.1) is 11.3 Å². The molecule has 1 unspecified atom stereocenters. The number of aromatic nitrogens is 1. The molecule has 0 radical (unpaired) electrons. The molecule has 4 nitrogen and oxygen atoms in total. The lowest BCUT2D eigenvalue weighted by molar-refractivity contribution is 0.262. The van der Waals surface area contributed by atoms with E-state index in [1.807, 2.05) is 48.5 Å². The van der Waals surface area contributed by atoms with Crippen molar-refractivity contribution in [2.24, 2.45) is 0 Å². The van der Waals surface area contributed by atoms with Crippen molar-refractivity contribution in [2.75, 3.05) is 6.61 Å². The number of nitriles is 1. The molecule has 1 heterocycles. The molecule has 0 fully saturated rings. The van der Waals surface area contributed by atoms with Crippen LogP contribution >= 0.6 is 11.3 Å². The number of nitrogens with zero attached hydrogens (tertiary/aromatic N) is 2. The van der Waals surface area contributed by atoms with Gasteiger partial charge in [-0.2, -0.15) is 5.26 Å². The van der Waals surface area contributed by atoms with Crippen LogP contribution in [-0.2, 0) is 0 Å². The van der Waals surface area contributed by atoms with E-state index in [2.05, 4.69) is 18.0 Å². The van der Waals surface area contributed by atoms with Gasteiger partial charge in [-0.25, -0.2) is 4.98 Å². The Balaban J connectivity index is 1.40. The lowest BCUT2D eigenvalue weighted by Crippen LogP contribution is -2.04. The molecule has 3 aromatic rings. The lowest BCUT2D eigenvalue weighted by atomic mass is 10.1. The summed E-state index contributed by atoms with van der Waals surface area (Å²) in [5.74, 6) is 1.53. The summed E-state index contributed by atoms with van der Waals surface area (Å²) in [4.78, 5) is 4.60. The summed E-state index contributed by atoms with van der Waals surface area (Å²) in [5.41, 5.74) is 0.869. The van der Waals surface area contributed by atoms with Crippen LogP contribution < -0.4 is 9.47 Å². The van der Waals surface area contributed by atoms with Gasteiger partial charge in [-0.1, -0.05) is 82.9 Å². The Morgan fingerprint density at radius 2 is 1.56 bits per heavy atom. The highest BCUT2D eigenvalue weighted by molar-refractivity contribution is 7.18. The second kappa shape index (κ2) is 13.8. The number of ether oxygens (including phenoxy) is 2. The summed E-state index contributed by atoms with van der Waals surface area (Å²) >= 11 is 1.48. The average molecular weight is 451 g/mol. The van der Waals surface area contributed by atoms with Gasteiger partial charge in [-0.05, 0) is 36.8 Å². The molecular weight excluding hydrogens is 416 g/mol. The molecule has 32 heavy (non-hydrogen) atoms. The predicted molar refractivity (Wildman–Crippen MR) is 132 cm³/mol. The van der Waals surface area contributed by atoms with Crippen LogP contribution in [0.2, 0.25) is 0 Å². The minimum Gasteiger partial charge on any atom is -0.494 e. The van der Waals surface area contributed by atoms with E-state index in [1.165, 1.54) is 69.1 Å². The molecule has 0 aliphatic carbocycles. The number of rotatable bonds is 15. The molecule has 0 saturated heterocycles. The van der Waals surface area contributed by atoms with Crippen LogP contribution in [-0.4, -0.2) is 11.6 Å². The standard InChI is InChI=1S/C27H34N2O2S/c1-2-3-4-5-6-7-8-9-10-14-19-30-23-17-18-24-26(20-23)32-27(29-24)25(21-28)31-22-15-12-11-13-16-22/h11-13,15-18,20,25H,2-10,14,19H2,1H3. The minimum absolute atomic E-state index is 0.665. The van der Waals surface area contributed by atoms with Crippen LogP contribution in [0.1, 0.15) is 82.2 Å². The van der Waals surface area contributed by atoms with Crippen LogP contribution in [0.5, 0.6) is 11.5 Å². The number of para-hydroxylation sites is 1. The van der Waals surface area contributed by atoms with E-state index in [1.54, 1.807) is 0 Å². The molecule has 2 aromatic carbocycles. The van der Waals surface area contributed by atoms with Crippen LogP contribution in [0.25, 0.3) is 10.2 Å². The molecule has 0 N–H and O–H groups in total. The van der Waals surface area contributed by atoms with Crippen molar-refractivity contribution in [3.63, 3.8) is 0 Å². The number of hydrogen-bond donors (Lipinski definition) is 0. The number of fused-ring (bicyclic) bond motifs is 1. The fourth-order valence-electron chi connectivity index (χ4n) is 3.67. The first-order chi connectivity index (χ1) is 15.8. The van der Waals surface area contributed by atoms with Crippen LogP contribution in [0.4, 0.5) is 0 Å². The zero-order valence-corrected chi connectivity index (χ0v) is 19.9. The summed E-state index contributed by atoms with van der Waals surface area (Å²) in [6.07, 6.45) is 12.5. The second-order valence-electron chi connectivity index (χ2n) is 8.15. The van der Waals surface area contributed by atoms with Gasteiger partial charge in [0.25, 0.3) is 0 Å². The van der Waals surface area contributed by atoms with E-state index in [9.17, 15) is 5.26 Å². The largest absolute Gasteiger partial charge is 0.494 e. The molecule has 1 aromatic heterocycles. The van der Waals surface area contributed by atoms with Gasteiger partial charge in [0.15, 0.2) is 0 Å². The van der Waals surface area contributed by atoms with Gasteiger partial charge in [0.05, 0.1) is 16.8 Å². The summed E-state index contributed by atoms with van der Waals surface area (Å²) in [7, 11) is 0. The summed E-state index contributed by atoms with van der Waals surface area (Å²) in [5, 5.41) is 10.2. The van der Waals surface area contributed by atoms with Crippen molar-refractivity contribution >= 4 is 21.6 Å². The van der Waals surface area contributed by atoms with Crippen molar-refractivity contribution in [3.05, 3.63) is 53.5 Å². The van der Waals surface area contributed by atoms with Crippen molar-refractivity contribution in [1.82, 2.24) is 4.98 Å². The molecule has 0 aliphatic heterocycles. The zero-order valence-electron chi connectivity index (χ0n) is 19.1. The van der Waals surface area contributed by atoms with E-state index in [4.69, 9.17) is 9.47 Å². The molecular formula is C27H34N2O2S. The number of hydrogen-bond acceptors (Lipinski definition) is 5. The van der Waals surface area contributed by atoms with Gasteiger partial charge < -0.3 is 9.47 Å². The highest BCUT2D eigenvalue weighted by atomic mass is 32.1. The average Bonchev–Trinajstić information content (AvgIpc) is 3.25. The minimum atomic E-state index is -0.717. The van der Waals surface area contributed by atoms with Crippen molar-refractivity contribution < 1.29 is 9.47 Å². The summed E-state index contributed by atoms with van der Waals surface area (Å²) in [6, 6.07) is 17.5. The van der Waals surface area contributed by atoms with Crippen LogP contribution in [0.15, 0.2) is 48.5 Å². The number of thiazole rings is 1. The molecule has 1 atom stereocenters. The Bertz CT molecular complexity index is 965. The van der Waals surface area contributed by atoms with Gasteiger partial charge >= 0.3 is 0 Å². The summed E-state index contributed by atoms with van der Waals surface area (Å²) < 4.78 is 12.8. The summed E-state index contributed by atoms with van der Waals surface area (Å²) in [6.45, 7) is 3.01. The van der Waals surface area contributed by atoms with E-state index in [0.29, 0.717) is 10.8 Å². The maximum atomic E-state index is 9.56. The Hall–Kier alpha value is -2.58. The quantitative estimate of drug-likeness (QED) is 0.219. The van der Waals surface area contributed by atoms with Gasteiger partial charge in [0.1, 0.15) is 22.6 Å². The third-order valence-corrected chi connectivity index (χ3v) is 6.54. The van der Waals surface area contributed by atoms with Crippen molar-refractivity contribution in [2.45, 2.75) is 77.2 Å². The Morgan fingerprint density at radius 1 is 0.875 bits per heavy atom. The highest BCUT2D eigenvalue weighted by Gasteiger charge is 2.18. The van der Waals surface area contributed by atoms with Crippen molar-refractivity contribution in [1.29, 1.82) is 5.26 Å². The van der Waals surface area contributed by atoms with Crippen molar-refractivity contribution in [3.8, 4) is 17.6 Å². The molecule has 5 heteroatoms. The number of unbranched alkanes of at least 4 members (excludes halogenated alkanes) is 9. The maximum Gasteiger partial charge on any atom is 0.235 e. The zero-order chi connectivity index (χ0) is 22.4. The SMILES string of the molecule is CCCCCCCCCCCCOc1ccc2nc(C(C#N)Oc3ccccc3)sc2c1. The monoisotopic (exact) mass is 450 g/mol. The van der Waals surface area contributed by atoms with E-state index in [0.717, 1.165) is 29.0 Å².